The highest BCUT2D eigenvalue weighted by atomic mass is 35.5. The predicted octanol–water partition coefficient (Wildman–Crippen LogP) is 2.63. The molecule has 1 N–H and O–H groups in total. The van der Waals surface area contributed by atoms with Crippen molar-refractivity contribution < 1.29 is 19.4 Å². The van der Waals surface area contributed by atoms with E-state index in [-0.39, 0.29) is 37.3 Å². The lowest BCUT2D eigenvalue weighted by atomic mass is 10.1. The van der Waals surface area contributed by atoms with Gasteiger partial charge in [-0.05, 0) is 30.7 Å². The third-order valence-corrected chi connectivity index (χ3v) is 3.94. The second-order valence-corrected chi connectivity index (χ2v) is 5.33. The molecular weight excluding hydrogens is 355 g/mol. The third kappa shape index (κ3) is 3.88. The number of aromatic nitrogens is 1. The molecule has 2 aromatic rings. The summed E-state index contributed by atoms with van der Waals surface area (Å²) < 4.78 is 5.16. The van der Waals surface area contributed by atoms with Crippen molar-refractivity contribution in [2.45, 2.75) is 6.42 Å². The Labute approximate surface area is 151 Å². The lowest BCUT2D eigenvalue weighted by molar-refractivity contribution is -0.141. The fourth-order valence-electron chi connectivity index (χ4n) is 2.66. The summed E-state index contributed by atoms with van der Waals surface area (Å²) in [4.78, 5) is 29.3. The Hall–Kier alpha value is -2.05. The quantitative estimate of drug-likeness (QED) is 0.895. The molecule has 2 heterocycles. The molecule has 1 fully saturated rings. The first-order chi connectivity index (χ1) is 10.6. The van der Waals surface area contributed by atoms with E-state index in [9.17, 15) is 9.59 Å². The van der Waals surface area contributed by atoms with Crippen molar-refractivity contribution in [2.24, 2.45) is 5.92 Å². The highest BCUT2D eigenvalue weighted by Crippen LogP contribution is 2.22. The van der Waals surface area contributed by atoms with Crippen molar-refractivity contribution >= 4 is 47.6 Å². The SMILES string of the molecule is COc1ccc2nc(C(=O)N3CCC(C(=O)O)C3)ccc2c1.Cl.Cl. The molecule has 0 spiro atoms. The molecule has 1 aromatic heterocycles. The first-order valence-corrected chi connectivity index (χ1v) is 7.05. The van der Waals surface area contributed by atoms with Crippen molar-refractivity contribution in [3.63, 3.8) is 0 Å². The Morgan fingerprint density at radius 2 is 2.00 bits per heavy atom. The molecule has 1 atom stereocenters. The fraction of sp³-hybridized carbons (Fsp3) is 0.312. The second-order valence-electron chi connectivity index (χ2n) is 5.33. The van der Waals surface area contributed by atoms with E-state index < -0.39 is 11.9 Å². The summed E-state index contributed by atoms with van der Waals surface area (Å²) in [6, 6.07) is 8.93. The maximum Gasteiger partial charge on any atom is 0.308 e. The van der Waals surface area contributed by atoms with Gasteiger partial charge in [-0.15, -0.1) is 24.8 Å². The van der Waals surface area contributed by atoms with Crippen LogP contribution in [-0.4, -0.2) is 47.1 Å². The number of halogens is 2. The van der Waals surface area contributed by atoms with Crippen LogP contribution < -0.4 is 4.74 Å². The van der Waals surface area contributed by atoms with Gasteiger partial charge in [-0.2, -0.15) is 0 Å². The molecule has 1 aliphatic heterocycles. The van der Waals surface area contributed by atoms with Crippen molar-refractivity contribution in [1.82, 2.24) is 9.88 Å². The molecule has 0 radical (unpaired) electrons. The predicted molar refractivity (Wildman–Crippen MR) is 94.4 cm³/mol. The van der Waals surface area contributed by atoms with Gasteiger partial charge < -0.3 is 14.7 Å². The molecule has 1 aromatic carbocycles. The lowest BCUT2D eigenvalue weighted by Gasteiger charge is -2.15. The van der Waals surface area contributed by atoms with Gasteiger partial charge in [-0.1, -0.05) is 6.07 Å². The van der Waals surface area contributed by atoms with E-state index in [1.807, 2.05) is 12.1 Å². The van der Waals surface area contributed by atoms with Crippen LogP contribution in [0, 0.1) is 5.92 Å². The number of nitrogens with zero attached hydrogens (tertiary/aromatic N) is 2. The average Bonchev–Trinajstić information content (AvgIpc) is 3.03. The molecule has 0 saturated carbocycles. The summed E-state index contributed by atoms with van der Waals surface area (Å²) in [6.45, 7) is 0.703. The Bertz CT molecular complexity index is 754. The summed E-state index contributed by atoms with van der Waals surface area (Å²) in [7, 11) is 1.60. The largest absolute Gasteiger partial charge is 0.497 e. The van der Waals surface area contributed by atoms with E-state index in [1.165, 1.54) is 0 Å². The second kappa shape index (κ2) is 8.17. The van der Waals surface area contributed by atoms with Crippen LogP contribution in [0.25, 0.3) is 10.9 Å². The fourth-order valence-corrected chi connectivity index (χ4v) is 2.66. The van der Waals surface area contributed by atoms with Crippen LogP contribution >= 0.6 is 24.8 Å². The molecule has 3 rings (SSSR count). The maximum atomic E-state index is 12.4. The van der Waals surface area contributed by atoms with Gasteiger partial charge >= 0.3 is 5.97 Å². The molecule has 1 amide bonds. The molecule has 0 aliphatic carbocycles. The topological polar surface area (TPSA) is 79.7 Å². The number of likely N-dealkylation sites (tertiary alicyclic amines) is 1. The number of carboxylic acid groups (broad SMARTS) is 1. The number of benzene rings is 1. The van der Waals surface area contributed by atoms with Gasteiger partial charge in [0.1, 0.15) is 11.4 Å². The zero-order valence-corrected chi connectivity index (χ0v) is 14.6. The Morgan fingerprint density at radius 1 is 1.25 bits per heavy atom. The van der Waals surface area contributed by atoms with Crippen molar-refractivity contribution in [1.29, 1.82) is 0 Å². The number of carboxylic acids is 1. The summed E-state index contributed by atoms with van der Waals surface area (Å²) in [6.07, 6.45) is 0.492. The number of carbonyl (C=O) groups excluding carboxylic acids is 1. The van der Waals surface area contributed by atoms with Crippen molar-refractivity contribution in [3.05, 3.63) is 36.0 Å². The van der Waals surface area contributed by atoms with Gasteiger partial charge in [0.15, 0.2) is 0 Å². The first kappa shape index (κ1) is 20.0. The van der Waals surface area contributed by atoms with E-state index >= 15 is 0 Å². The maximum absolute atomic E-state index is 12.4. The van der Waals surface area contributed by atoms with Crippen molar-refractivity contribution in [2.75, 3.05) is 20.2 Å². The first-order valence-electron chi connectivity index (χ1n) is 7.05. The number of pyridine rings is 1. The van der Waals surface area contributed by atoms with E-state index in [0.717, 1.165) is 11.1 Å². The van der Waals surface area contributed by atoms with Crippen LogP contribution in [0.4, 0.5) is 0 Å². The van der Waals surface area contributed by atoms with Crippen LogP contribution in [-0.2, 0) is 4.79 Å². The Balaban J connectivity index is 0.00000144. The van der Waals surface area contributed by atoms with E-state index in [0.29, 0.717) is 24.2 Å². The number of fused-ring (bicyclic) bond motifs is 1. The van der Waals surface area contributed by atoms with Crippen LogP contribution in [0.2, 0.25) is 0 Å². The highest BCUT2D eigenvalue weighted by Gasteiger charge is 2.31. The molecule has 1 saturated heterocycles. The summed E-state index contributed by atoms with van der Waals surface area (Å²) >= 11 is 0. The van der Waals surface area contributed by atoms with Crippen LogP contribution in [0.5, 0.6) is 5.75 Å². The number of hydrogen-bond donors (Lipinski definition) is 1. The van der Waals surface area contributed by atoms with Crippen LogP contribution in [0.1, 0.15) is 16.9 Å². The van der Waals surface area contributed by atoms with Crippen molar-refractivity contribution in [3.8, 4) is 5.75 Å². The number of aliphatic carboxylic acids is 1. The number of carbonyl (C=O) groups is 2. The number of methoxy groups -OCH3 is 1. The highest BCUT2D eigenvalue weighted by molar-refractivity contribution is 5.95. The number of amides is 1. The van der Waals surface area contributed by atoms with Gasteiger partial charge in [0.25, 0.3) is 5.91 Å². The van der Waals surface area contributed by atoms with Crippen LogP contribution in [0.15, 0.2) is 30.3 Å². The zero-order valence-electron chi connectivity index (χ0n) is 13.0. The Kier molecular flexibility index (Phi) is 6.81. The standard InChI is InChI=1S/C16H16N2O4.2ClH/c1-22-12-3-5-13-10(8-12)2-4-14(17-13)15(19)18-7-6-11(9-18)16(20)21;;/h2-5,8,11H,6-7,9H2,1H3,(H,20,21);2*1H. The molecule has 8 heteroatoms. The third-order valence-electron chi connectivity index (χ3n) is 3.94. The lowest BCUT2D eigenvalue weighted by Crippen LogP contribution is -2.30. The van der Waals surface area contributed by atoms with Crippen LogP contribution in [0.3, 0.4) is 0 Å². The van der Waals surface area contributed by atoms with Gasteiger partial charge in [0, 0.05) is 18.5 Å². The zero-order chi connectivity index (χ0) is 15.7. The summed E-state index contributed by atoms with van der Waals surface area (Å²) in [5, 5.41) is 9.90. The molecule has 6 nitrogen and oxygen atoms in total. The summed E-state index contributed by atoms with van der Waals surface area (Å²) in [5.74, 6) is -0.818. The normalized spacial score (nSPS) is 16.2. The van der Waals surface area contributed by atoms with Gasteiger partial charge in [-0.3, -0.25) is 9.59 Å². The number of ether oxygens (including phenoxy) is 1. The van der Waals surface area contributed by atoms with E-state index in [4.69, 9.17) is 9.84 Å². The average molecular weight is 373 g/mol. The molecule has 0 bridgehead atoms. The number of hydrogen-bond acceptors (Lipinski definition) is 4. The molecule has 1 aliphatic rings. The number of rotatable bonds is 3. The Morgan fingerprint density at radius 3 is 2.62 bits per heavy atom. The minimum Gasteiger partial charge on any atom is -0.497 e. The van der Waals surface area contributed by atoms with E-state index in [1.54, 1.807) is 30.2 Å². The molecule has 130 valence electrons. The van der Waals surface area contributed by atoms with Gasteiger partial charge in [0.05, 0.1) is 18.5 Å². The van der Waals surface area contributed by atoms with Gasteiger partial charge in [0.2, 0.25) is 0 Å². The minimum absolute atomic E-state index is 0. The monoisotopic (exact) mass is 372 g/mol. The van der Waals surface area contributed by atoms with E-state index in [2.05, 4.69) is 4.98 Å². The van der Waals surface area contributed by atoms with Gasteiger partial charge in [-0.25, -0.2) is 4.98 Å². The smallest absolute Gasteiger partial charge is 0.308 e. The minimum atomic E-state index is -0.853. The summed E-state index contributed by atoms with van der Waals surface area (Å²) in [5.41, 5.74) is 1.05. The molecular formula is C16H18Cl2N2O4. The molecule has 1 unspecified atom stereocenters. The molecule has 24 heavy (non-hydrogen) atoms.